The molecule has 0 spiro atoms. The van der Waals surface area contributed by atoms with Gasteiger partial charge < -0.3 is 14.3 Å². The highest BCUT2D eigenvalue weighted by atomic mass is 16.5. The number of rotatable bonds is 7. The molecule has 2 aromatic carbocycles. The summed E-state index contributed by atoms with van der Waals surface area (Å²) < 4.78 is 11.1. The number of hydrogen-bond donors (Lipinski definition) is 1. The Bertz CT molecular complexity index is 883. The highest BCUT2D eigenvalue weighted by Crippen LogP contribution is 2.24. The average Bonchev–Trinajstić information content (AvgIpc) is 2.64. The molecule has 0 amide bonds. The predicted octanol–water partition coefficient (Wildman–Crippen LogP) is 4.39. The van der Waals surface area contributed by atoms with Crippen LogP contribution >= 0.6 is 0 Å². The Hall–Kier alpha value is -2.59. The maximum absolute atomic E-state index is 12.3. The summed E-state index contributed by atoms with van der Waals surface area (Å²) in [6.45, 7) is 2.32. The van der Waals surface area contributed by atoms with Crippen molar-refractivity contribution in [3.8, 4) is 16.9 Å². The van der Waals surface area contributed by atoms with Crippen molar-refractivity contribution in [1.29, 1.82) is 0 Å². The Morgan fingerprint density at radius 1 is 1.12 bits per heavy atom. The second-order valence-electron chi connectivity index (χ2n) is 6.12. The van der Waals surface area contributed by atoms with E-state index in [1.807, 2.05) is 48.5 Å². The first-order chi connectivity index (χ1) is 12.2. The van der Waals surface area contributed by atoms with Crippen LogP contribution in [0.2, 0.25) is 0 Å². The molecular formula is C21H22O4. The molecule has 0 saturated heterocycles. The van der Waals surface area contributed by atoms with Crippen LogP contribution in [0.25, 0.3) is 22.1 Å². The van der Waals surface area contributed by atoms with Crippen LogP contribution in [-0.4, -0.2) is 17.8 Å². The minimum absolute atomic E-state index is 0.234. The van der Waals surface area contributed by atoms with E-state index in [0.717, 1.165) is 30.2 Å². The molecule has 1 atom stereocenters. The topological polar surface area (TPSA) is 59.7 Å². The van der Waals surface area contributed by atoms with Crippen molar-refractivity contribution in [2.45, 2.75) is 32.3 Å². The predicted molar refractivity (Wildman–Crippen MR) is 98.9 cm³/mol. The largest absolute Gasteiger partial charge is 0.491 e. The molecule has 1 N–H and O–H groups in total. The standard InChI is InChI=1S/C21H22O4/c1-2-3-9-17(22)14-24-18-11-10-16-12-19(15-7-5-4-6-8-15)21(23)25-20(16)13-18/h4-8,10-13,17,22H,2-3,9,14H2,1H3. The van der Waals surface area contributed by atoms with Gasteiger partial charge in [-0.15, -0.1) is 0 Å². The molecule has 3 aromatic rings. The van der Waals surface area contributed by atoms with E-state index in [1.165, 1.54) is 0 Å². The van der Waals surface area contributed by atoms with Gasteiger partial charge in [-0.1, -0.05) is 50.1 Å². The lowest BCUT2D eigenvalue weighted by Gasteiger charge is -2.12. The number of unbranched alkanes of at least 4 members (excludes halogenated alkanes) is 1. The minimum atomic E-state index is -0.483. The van der Waals surface area contributed by atoms with Gasteiger partial charge in [-0.3, -0.25) is 0 Å². The van der Waals surface area contributed by atoms with Crippen molar-refractivity contribution in [3.63, 3.8) is 0 Å². The molecule has 0 saturated carbocycles. The van der Waals surface area contributed by atoms with Crippen LogP contribution in [0.1, 0.15) is 26.2 Å². The highest BCUT2D eigenvalue weighted by Gasteiger charge is 2.09. The molecule has 1 heterocycles. The molecule has 130 valence electrons. The van der Waals surface area contributed by atoms with Gasteiger partial charge in [0.15, 0.2) is 0 Å². The molecule has 3 rings (SSSR count). The van der Waals surface area contributed by atoms with Crippen molar-refractivity contribution in [2.24, 2.45) is 0 Å². The summed E-state index contributed by atoms with van der Waals surface area (Å²) in [5.41, 5.74) is 1.47. The van der Waals surface area contributed by atoms with E-state index < -0.39 is 6.10 Å². The van der Waals surface area contributed by atoms with E-state index >= 15 is 0 Å². The van der Waals surface area contributed by atoms with Gasteiger partial charge in [0.25, 0.3) is 0 Å². The fourth-order valence-corrected chi connectivity index (χ4v) is 2.72. The Labute approximate surface area is 146 Å². The normalized spacial score (nSPS) is 12.2. The molecule has 1 aromatic heterocycles. The summed E-state index contributed by atoms with van der Waals surface area (Å²) in [5, 5.41) is 10.7. The summed E-state index contributed by atoms with van der Waals surface area (Å²) in [7, 11) is 0. The molecule has 1 unspecified atom stereocenters. The first-order valence-corrected chi connectivity index (χ1v) is 8.61. The minimum Gasteiger partial charge on any atom is -0.491 e. The van der Waals surface area contributed by atoms with E-state index in [-0.39, 0.29) is 12.2 Å². The molecular weight excluding hydrogens is 316 g/mol. The van der Waals surface area contributed by atoms with Crippen LogP contribution < -0.4 is 10.4 Å². The van der Waals surface area contributed by atoms with Crippen LogP contribution in [0.4, 0.5) is 0 Å². The molecule has 4 heteroatoms. The summed E-state index contributed by atoms with van der Waals surface area (Å²) >= 11 is 0. The third kappa shape index (κ3) is 4.28. The molecule has 0 aliphatic carbocycles. The zero-order valence-electron chi connectivity index (χ0n) is 14.3. The van der Waals surface area contributed by atoms with E-state index in [4.69, 9.17) is 9.15 Å². The maximum atomic E-state index is 12.3. The van der Waals surface area contributed by atoms with E-state index in [2.05, 4.69) is 6.92 Å². The molecule has 25 heavy (non-hydrogen) atoms. The van der Waals surface area contributed by atoms with Gasteiger partial charge >= 0.3 is 5.63 Å². The number of aliphatic hydroxyl groups excluding tert-OH is 1. The molecule has 4 nitrogen and oxygen atoms in total. The molecule has 0 radical (unpaired) electrons. The Balaban J connectivity index is 1.81. The third-order valence-corrected chi connectivity index (χ3v) is 4.13. The smallest absolute Gasteiger partial charge is 0.344 e. The number of hydrogen-bond acceptors (Lipinski definition) is 4. The number of ether oxygens (including phenoxy) is 1. The summed E-state index contributed by atoms with van der Waals surface area (Å²) in [4.78, 5) is 12.3. The average molecular weight is 338 g/mol. The first kappa shape index (κ1) is 17.2. The fourth-order valence-electron chi connectivity index (χ4n) is 2.72. The third-order valence-electron chi connectivity index (χ3n) is 4.13. The zero-order valence-corrected chi connectivity index (χ0v) is 14.3. The van der Waals surface area contributed by atoms with Gasteiger partial charge in [-0.2, -0.15) is 0 Å². The maximum Gasteiger partial charge on any atom is 0.344 e. The van der Waals surface area contributed by atoms with Crippen molar-refractivity contribution in [3.05, 3.63) is 65.0 Å². The monoisotopic (exact) mass is 338 g/mol. The van der Waals surface area contributed by atoms with Crippen LogP contribution in [0.15, 0.2) is 63.8 Å². The van der Waals surface area contributed by atoms with Crippen LogP contribution in [-0.2, 0) is 0 Å². The van der Waals surface area contributed by atoms with Crippen LogP contribution in [0, 0.1) is 0 Å². The second kappa shape index (κ2) is 7.99. The Kier molecular flexibility index (Phi) is 5.51. The van der Waals surface area contributed by atoms with Crippen molar-refractivity contribution in [2.75, 3.05) is 6.61 Å². The Morgan fingerprint density at radius 3 is 2.68 bits per heavy atom. The van der Waals surface area contributed by atoms with Gasteiger partial charge in [0, 0.05) is 11.5 Å². The quantitative estimate of drug-likeness (QED) is 0.649. The lowest BCUT2D eigenvalue weighted by atomic mass is 10.1. The second-order valence-corrected chi connectivity index (χ2v) is 6.12. The van der Waals surface area contributed by atoms with Gasteiger partial charge in [0.2, 0.25) is 0 Å². The van der Waals surface area contributed by atoms with E-state index in [9.17, 15) is 9.90 Å². The lowest BCUT2D eigenvalue weighted by Crippen LogP contribution is -2.17. The molecule has 0 aliphatic heterocycles. The Morgan fingerprint density at radius 2 is 1.92 bits per heavy atom. The summed E-state index contributed by atoms with van der Waals surface area (Å²) in [6.07, 6.45) is 2.25. The van der Waals surface area contributed by atoms with E-state index in [1.54, 1.807) is 6.07 Å². The number of aliphatic hydroxyl groups is 1. The lowest BCUT2D eigenvalue weighted by molar-refractivity contribution is 0.0980. The number of benzene rings is 2. The fraction of sp³-hybridized carbons (Fsp3) is 0.286. The van der Waals surface area contributed by atoms with Gasteiger partial charge in [0.05, 0.1) is 11.7 Å². The van der Waals surface area contributed by atoms with Gasteiger partial charge in [0.1, 0.15) is 17.9 Å². The van der Waals surface area contributed by atoms with Crippen LogP contribution in [0.5, 0.6) is 5.75 Å². The van der Waals surface area contributed by atoms with Gasteiger partial charge in [-0.05, 0) is 30.2 Å². The first-order valence-electron chi connectivity index (χ1n) is 8.61. The zero-order chi connectivity index (χ0) is 17.6. The highest BCUT2D eigenvalue weighted by molar-refractivity contribution is 5.82. The summed E-state index contributed by atoms with van der Waals surface area (Å²) in [5.74, 6) is 0.582. The molecule has 0 bridgehead atoms. The van der Waals surface area contributed by atoms with Gasteiger partial charge in [-0.25, -0.2) is 4.79 Å². The van der Waals surface area contributed by atoms with Crippen molar-refractivity contribution >= 4 is 11.0 Å². The molecule has 0 aliphatic rings. The number of fused-ring (bicyclic) bond motifs is 1. The van der Waals surface area contributed by atoms with E-state index in [0.29, 0.717) is 16.9 Å². The molecule has 0 fully saturated rings. The van der Waals surface area contributed by atoms with Crippen LogP contribution in [0.3, 0.4) is 0 Å². The SMILES string of the molecule is CCCCC(O)COc1ccc2cc(-c3ccccc3)c(=O)oc2c1. The van der Waals surface area contributed by atoms with Crippen molar-refractivity contribution < 1.29 is 14.3 Å². The van der Waals surface area contributed by atoms with Crippen molar-refractivity contribution in [1.82, 2.24) is 0 Å². The summed E-state index contributed by atoms with van der Waals surface area (Å²) in [6, 6.07) is 16.7.